The molecule has 1 aromatic heterocycles. The minimum atomic E-state index is -1.21. The fourth-order valence-electron chi connectivity index (χ4n) is 3.53. The van der Waals surface area contributed by atoms with E-state index in [4.69, 9.17) is 18.9 Å². The van der Waals surface area contributed by atoms with Crippen molar-refractivity contribution >= 4 is 17.9 Å². The Kier molecular flexibility index (Phi) is 8.94. The van der Waals surface area contributed by atoms with Crippen LogP contribution in [0.15, 0.2) is 15.8 Å². The molecule has 1 aliphatic rings. The molecule has 0 amide bonds. The number of H-pyrrole nitrogens is 1. The molecule has 5 atom stereocenters. The van der Waals surface area contributed by atoms with E-state index in [1.54, 1.807) is 0 Å². The molecule has 0 unspecified atom stereocenters. The molecule has 1 saturated heterocycles. The van der Waals surface area contributed by atoms with Crippen molar-refractivity contribution in [2.75, 3.05) is 13.2 Å². The van der Waals surface area contributed by atoms with Crippen LogP contribution >= 0.6 is 0 Å². The smallest absolute Gasteiger partial charge is 0.330 e. The van der Waals surface area contributed by atoms with Crippen LogP contribution in [0.2, 0.25) is 0 Å². The molecule has 1 fully saturated rings. The van der Waals surface area contributed by atoms with Crippen molar-refractivity contribution in [3.63, 3.8) is 0 Å². The minimum Gasteiger partial charge on any atom is -0.463 e. The Morgan fingerprint density at radius 2 is 1.70 bits per heavy atom. The Balaban J connectivity index is 2.62. The van der Waals surface area contributed by atoms with Crippen molar-refractivity contribution in [1.29, 1.82) is 0 Å². The summed E-state index contributed by atoms with van der Waals surface area (Å²) in [4.78, 5) is 62.0. The molecule has 12 heteroatoms. The van der Waals surface area contributed by atoms with E-state index in [2.05, 4.69) is 10.3 Å². The second kappa shape index (κ2) is 11.2. The van der Waals surface area contributed by atoms with Crippen molar-refractivity contribution in [1.82, 2.24) is 14.9 Å². The van der Waals surface area contributed by atoms with Crippen LogP contribution in [-0.4, -0.2) is 65.0 Å². The summed E-state index contributed by atoms with van der Waals surface area (Å²) in [5.74, 6) is -1.68. The van der Waals surface area contributed by atoms with E-state index < -0.39 is 59.7 Å². The number of aromatic amines is 1. The monoisotopic (exact) mass is 469 g/mol. The summed E-state index contributed by atoms with van der Waals surface area (Å²) in [5, 5.41) is 3.23. The third kappa shape index (κ3) is 6.99. The summed E-state index contributed by atoms with van der Waals surface area (Å²) in [5.41, 5.74) is -1.13. The van der Waals surface area contributed by atoms with Crippen LogP contribution in [0.4, 0.5) is 0 Å². The molecule has 1 aliphatic heterocycles. The van der Waals surface area contributed by atoms with Gasteiger partial charge in [-0.05, 0) is 19.4 Å². The maximum Gasteiger partial charge on any atom is 0.330 e. The summed E-state index contributed by atoms with van der Waals surface area (Å²) in [6, 6.07) is -0.821. The van der Waals surface area contributed by atoms with Crippen LogP contribution < -0.4 is 16.6 Å². The molecule has 1 aromatic rings. The first-order valence-corrected chi connectivity index (χ1v) is 10.6. The number of rotatable bonds is 8. The van der Waals surface area contributed by atoms with Crippen LogP contribution in [-0.2, 0) is 33.3 Å². The number of nitrogens with one attached hydrogen (secondary N) is 2. The molecule has 12 nitrogen and oxygen atoms in total. The van der Waals surface area contributed by atoms with E-state index in [1.165, 1.54) is 33.9 Å². The van der Waals surface area contributed by atoms with E-state index in [0.29, 0.717) is 6.54 Å². The fraction of sp³-hybridized carbons (Fsp3) is 0.667. The molecule has 0 aliphatic carbocycles. The Morgan fingerprint density at radius 1 is 1.09 bits per heavy atom. The van der Waals surface area contributed by atoms with Gasteiger partial charge in [-0.15, -0.1) is 0 Å². The van der Waals surface area contributed by atoms with E-state index in [9.17, 15) is 24.0 Å². The second-order valence-corrected chi connectivity index (χ2v) is 8.32. The molecule has 0 radical (unpaired) electrons. The molecule has 0 bridgehead atoms. The molecule has 0 saturated carbocycles. The van der Waals surface area contributed by atoms with Crippen LogP contribution in [0.5, 0.6) is 0 Å². The lowest BCUT2D eigenvalue weighted by Crippen LogP contribution is -2.65. The molecule has 2 heterocycles. The fourth-order valence-corrected chi connectivity index (χ4v) is 3.53. The summed E-state index contributed by atoms with van der Waals surface area (Å²) < 4.78 is 23.3. The molecule has 0 aromatic carbocycles. The number of esters is 3. The second-order valence-electron chi connectivity index (χ2n) is 8.32. The zero-order valence-corrected chi connectivity index (χ0v) is 19.6. The van der Waals surface area contributed by atoms with Crippen molar-refractivity contribution in [3.05, 3.63) is 32.6 Å². The first kappa shape index (κ1) is 26.3. The number of hydrogen-bond acceptors (Lipinski definition) is 10. The van der Waals surface area contributed by atoms with Gasteiger partial charge in [0, 0.05) is 32.5 Å². The Labute approximate surface area is 190 Å². The summed E-state index contributed by atoms with van der Waals surface area (Å²) in [6.07, 6.45) is -3.06. The topological polar surface area (TPSA) is 155 Å². The highest BCUT2D eigenvalue weighted by Crippen LogP contribution is 2.32. The number of aromatic nitrogens is 2. The normalized spacial score (nSPS) is 24.9. The predicted octanol–water partition coefficient (Wildman–Crippen LogP) is -0.217. The highest BCUT2D eigenvalue weighted by Gasteiger charge is 2.51. The molecule has 2 rings (SSSR count). The number of carbonyl (C=O) groups excluding carboxylic acids is 3. The highest BCUT2D eigenvalue weighted by atomic mass is 16.6. The van der Waals surface area contributed by atoms with Crippen LogP contribution in [0.1, 0.15) is 46.4 Å². The van der Waals surface area contributed by atoms with Gasteiger partial charge in [0.1, 0.15) is 12.7 Å². The van der Waals surface area contributed by atoms with Crippen molar-refractivity contribution in [2.24, 2.45) is 5.92 Å². The van der Waals surface area contributed by atoms with E-state index in [0.717, 1.165) is 4.57 Å². The van der Waals surface area contributed by atoms with E-state index in [1.807, 2.05) is 13.8 Å². The van der Waals surface area contributed by atoms with Crippen molar-refractivity contribution < 1.29 is 33.3 Å². The van der Waals surface area contributed by atoms with Gasteiger partial charge in [-0.2, -0.15) is 0 Å². The Hall–Kier alpha value is -2.99. The lowest BCUT2D eigenvalue weighted by atomic mass is 9.94. The average Bonchev–Trinajstić information content (AvgIpc) is 2.68. The van der Waals surface area contributed by atoms with Gasteiger partial charge in [-0.3, -0.25) is 28.7 Å². The molecular weight excluding hydrogens is 438 g/mol. The average molecular weight is 469 g/mol. The number of hydrogen-bond donors (Lipinski definition) is 2. The zero-order chi connectivity index (χ0) is 24.9. The van der Waals surface area contributed by atoms with E-state index in [-0.39, 0.29) is 18.1 Å². The van der Waals surface area contributed by atoms with Crippen LogP contribution in [0.25, 0.3) is 0 Å². The maximum absolute atomic E-state index is 12.6. The van der Waals surface area contributed by atoms with Gasteiger partial charge in [-0.1, -0.05) is 13.8 Å². The van der Waals surface area contributed by atoms with Crippen molar-refractivity contribution in [3.8, 4) is 0 Å². The standard InChI is InChI=1S/C21H31N3O9/c1-10(2)7-22-16-17(31-13(5)26)15(9-30-12(4)25)33-20(18(16)32-14(6)27)24-8-11(3)19(28)23-21(24)29/h8,10,15-18,20,22H,7,9H2,1-6H3,(H,23,28,29)/t15-,16-,17-,18+,20-/m1/s1. The lowest BCUT2D eigenvalue weighted by molar-refractivity contribution is -0.239. The van der Waals surface area contributed by atoms with Gasteiger partial charge in [-0.25, -0.2) is 4.79 Å². The molecular formula is C21H31N3O9. The first-order chi connectivity index (χ1) is 15.4. The summed E-state index contributed by atoms with van der Waals surface area (Å²) >= 11 is 0. The summed E-state index contributed by atoms with van der Waals surface area (Å²) in [6.45, 7) is 9.21. The van der Waals surface area contributed by atoms with Gasteiger partial charge >= 0.3 is 23.6 Å². The number of ether oxygens (including phenoxy) is 4. The van der Waals surface area contributed by atoms with Crippen LogP contribution in [0.3, 0.4) is 0 Å². The number of carbonyl (C=O) groups is 3. The van der Waals surface area contributed by atoms with Gasteiger partial charge < -0.3 is 24.3 Å². The Bertz CT molecular complexity index is 984. The molecule has 184 valence electrons. The maximum atomic E-state index is 12.6. The highest BCUT2D eigenvalue weighted by molar-refractivity contribution is 5.67. The van der Waals surface area contributed by atoms with Crippen molar-refractivity contribution in [2.45, 2.75) is 72.1 Å². The molecule has 0 spiro atoms. The SMILES string of the molecule is CC(=O)OC[C@H]1O[C@@H](n2cc(C)c(=O)[nH]c2=O)[C@@H](OC(C)=O)[C@H](NCC(C)C)[C@@H]1OC(C)=O. The summed E-state index contributed by atoms with van der Waals surface area (Å²) in [7, 11) is 0. The minimum absolute atomic E-state index is 0.173. The van der Waals surface area contributed by atoms with Gasteiger partial charge in [0.2, 0.25) is 0 Å². The number of nitrogens with zero attached hydrogens (tertiary/aromatic N) is 1. The lowest BCUT2D eigenvalue weighted by Gasteiger charge is -2.46. The van der Waals surface area contributed by atoms with Gasteiger partial charge in [0.15, 0.2) is 18.4 Å². The zero-order valence-electron chi connectivity index (χ0n) is 19.6. The van der Waals surface area contributed by atoms with Gasteiger partial charge in [0.05, 0.1) is 6.04 Å². The molecule has 33 heavy (non-hydrogen) atoms. The van der Waals surface area contributed by atoms with Crippen LogP contribution in [0, 0.1) is 12.8 Å². The van der Waals surface area contributed by atoms with E-state index >= 15 is 0 Å². The third-order valence-corrected chi connectivity index (χ3v) is 4.91. The molecule has 2 N–H and O–H groups in total. The quantitative estimate of drug-likeness (QED) is 0.386. The third-order valence-electron chi connectivity index (χ3n) is 4.91. The predicted molar refractivity (Wildman–Crippen MR) is 114 cm³/mol. The number of aryl methyl sites for hydroxylation is 1. The Morgan fingerprint density at radius 3 is 2.24 bits per heavy atom. The first-order valence-electron chi connectivity index (χ1n) is 10.6. The largest absolute Gasteiger partial charge is 0.463 e. The van der Waals surface area contributed by atoms with Gasteiger partial charge in [0.25, 0.3) is 5.56 Å².